The summed E-state index contributed by atoms with van der Waals surface area (Å²) >= 11 is 0. The van der Waals surface area contributed by atoms with Gasteiger partial charge >= 0.3 is 5.97 Å². The topological polar surface area (TPSA) is 55.8 Å². The summed E-state index contributed by atoms with van der Waals surface area (Å²) in [6.07, 6.45) is 4.85. The lowest BCUT2D eigenvalue weighted by Gasteiger charge is -2.29. The SMILES string of the molecule is CCOc1ccc(/C=C/C(=O)OCC(=O)N2CCCc3ccccc32)cc1. The Bertz CT molecular complexity index is 826. The van der Waals surface area contributed by atoms with Gasteiger partial charge in [0.15, 0.2) is 6.61 Å². The maximum Gasteiger partial charge on any atom is 0.331 e. The molecule has 3 rings (SSSR count). The molecule has 1 heterocycles. The number of esters is 1. The molecule has 0 saturated heterocycles. The van der Waals surface area contributed by atoms with Gasteiger partial charge in [0, 0.05) is 18.3 Å². The Labute approximate surface area is 159 Å². The van der Waals surface area contributed by atoms with E-state index in [9.17, 15) is 9.59 Å². The molecule has 140 valence electrons. The van der Waals surface area contributed by atoms with Crippen molar-refractivity contribution in [3.8, 4) is 5.75 Å². The quantitative estimate of drug-likeness (QED) is 0.580. The van der Waals surface area contributed by atoms with Crippen molar-refractivity contribution in [2.75, 3.05) is 24.7 Å². The van der Waals surface area contributed by atoms with Crippen LogP contribution in [0, 0.1) is 0 Å². The Morgan fingerprint density at radius 3 is 2.67 bits per heavy atom. The van der Waals surface area contributed by atoms with Crippen LogP contribution in [-0.4, -0.2) is 31.6 Å². The van der Waals surface area contributed by atoms with Crippen LogP contribution in [0.3, 0.4) is 0 Å². The first-order chi connectivity index (χ1) is 13.2. The predicted molar refractivity (Wildman–Crippen MR) is 105 cm³/mol. The van der Waals surface area contributed by atoms with E-state index in [1.165, 1.54) is 6.08 Å². The van der Waals surface area contributed by atoms with E-state index in [2.05, 4.69) is 0 Å². The molecule has 0 atom stereocenters. The van der Waals surface area contributed by atoms with Crippen LogP contribution in [0.4, 0.5) is 5.69 Å². The molecule has 0 bridgehead atoms. The molecule has 0 radical (unpaired) electrons. The molecule has 0 aliphatic carbocycles. The second-order valence-corrected chi connectivity index (χ2v) is 6.22. The highest BCUT2D eigenvalue weighted by Gasteiger charge is 2.22. The molecular weight excluding hydrogens is 342 g/mol. The van der Waals surface area contributed by atoms with Gasteiger partial charge in [0.2, 0.25) is 0 Å². The van der Waals surface area contributed by atoms with Gasteiger partial charge in [-0.2, -0.15) is 0 Å². The van der Waals surface area contributed by atoms with E-state index < -0.39 is 5.97 Å². The van der Waals surface area contributed by atoms with E-state index in [0.717, 1.165) is 35.4 Å². The number of aryl methyl sites for hydroxylation is 1. The molecule has 2 aromatic carbocycles. The fourth-order valence-corrected chi connectivity index (χ4v) is 3.06. The maximum atomic E-state index is 12.4. The number of amides is 1. The molecule has 0 N–H and O–H groups in total. The lowest BCUT2D eigenvalue weighted by molar-refractivity contribution is -0.142. The highest BCUT2D eigenvalue weighted by Crippen LogP contribution is 2.26. The molecule has 5 heteroatoms. The van der Waals surface area contributed by atoms with E-state index >= 15 is 0 Å². The summed E-state index contributed by atoms with van der Waals surface area (Å²) in [5.41, 5.74) is 2.92. The molecule has 27 heavy (non-hydrogen) atoms. The van der Waals surface area contributed by atoms with E-state index in [0.29, 0.717) is 13.2 Å². The largest absolute Gasteiger partial charge is 0.494 e. The third kappa shape index (κ3) is 4.97. The lowest BCUT2D eigenvalue weighted by atomic mass is 10.0. The van der Waals surface area contributed by atoms with Crippen molar-refractivity contribution in [3.05, 3.63) is 65.7 Å². The highest BCUT2D eigenvalue weighted by molar-refractivity contribution is 5.97. The number of hydrogen-bond donors (Lipinski definition) is 0. The van der Waals surface area contributed by atoms with Gasteiger partial charge in [0.05, 0.1) is 6.61 Å². The van der Waals surface area contributed by atoms with E-state index in [4.69, 9.17) is 9.47 Å². The molecule has 0 unspecified atom stereocenters. The molecule has 0 aromatic heterocycles. The van der Waals surface area contributed by atoms with Gasteiger partial charge in [-0.05, 0) is 55.2 Å². The summed E-state index contributed by atoms with van der Waals surface area (Å²) < 4.78 is 10.5. The Kier molecular flexibility index (Phi) is 6.26. The average molecular weight is 365 g/mol. The summed E-state index contributed by atoms with van der Waals surface area (Å²) in [6.45, 7) is 2.92. The smallest absolute Gasteiger partial charge is 0.331 e. The standard InChI is InChI=1S/C22H23NO4/c1-2-26-19-12-9-17(10-13-19)11-14-22(25)27-16-21(24)23-15-5-7-18-6-3-4-8-20(18)23/h3-4,6,8-14H,2,5,7,15-16H2,1H3/b14-11+. The third-order valence-electron chi connectivity index (χ3n) is 4.35. The van der Waals surface area contributed by atoms with Crippen LogP contribution in [0.15, 0.2) is 54.6 Å². The second kappa shape index (κ2) is 9.03. The number of para-hydroxylation sites is 1. The van der Waals surface area contributed by atoms with Gasteiger partial charge in [-0.3, -0.25) is 4.79 Å². The van der Waals surface area contributed by atoms with Crippen LogP contribution in [-0.2, 0) is 20.7 Å². The van der Waals surface area contributed by atoms with Gasteiger partial charge < -0.3 is 14.4 Å². The van der Waals surface area contributed by atoms with Crippen molar-refractivity contribution in [2.24, 2.45) is 0 Å². The fraction of sp³-hybridized carbons (Fsp3) is 0.273. The van der Waals surface area contributed by atoms with Crippen LogP contribution in [0.25, 0.3) is 6.08 Å². The van der Waals surface area contributed by atoms with Crippen molar-refractivity contribution >= 4 is 23.6 Å². The van der Waals surface area contributed by atoms with Crippen LogP contribution >= 0.6 is 0 Å². The van der Waals surface area contributed by atoms with Gasteiger partial charge in [0.1, 0.15) is 5.75 Å². The normalized spacial score (nSPS) is 13.3. The third-order valence-corrected chi connectivity index (χ3v) is 4.35. The first-order valence-corrected chi connectivity index (χ1v) is 9.13. The van der Waals surface area contributed by atoms with Crippen LogP contribution < -0.4 is 9.64 Å². The summed E-state index contributed by atoms with van der Waals surface area (Å²) in [4.78, 5) is 26.1. The second-order valence-electron chi connectivity index (χ2n) is 6.22. The lowest BCUT2D eigenvalue weighted by Crippen LogP contribution is -2.38. The first-order valence-electron chi connectivity index (χ1n) is 9.13. The number of anilines is 1. The van der Waals surface area contributed by atoms with Crippen molar-refractivity contribution in [3.63, 3.8) is 0 Å². The Hall–Kier alpha value is -3.08. The number of ether oxygens (including phenoxy) is 2. The number of carbonyl (C=O) groups is 2. The van der Waals surface area contributed by atoms with Crippen LogP contribution in [0.1, 0.15) is 24.5 Å². The molecule has 2 aromatic rings. The van der Waals surface area contributed by atoms with Gasteiger partial charge in [-0.15, -0.1) is 0 Å². The number of nitrogens with zero attached hydrogens (tertiary/aromatic N) is 1. The van der Waals surface area contributed by atoms with E-state index in [1.54, 1.807) is 11.0 Å². The molecule has 1 aliphatic heterocycles. The fourth-order valence-electron chi connectivity index (χ4n) is 3.06. The minimum absolute atomic E-state index is 0.204. The molecule has 0 saturated carbocycles. The van der Waals surface area contributed by atoms with E-state index in [-0.39, 0.29) is 12.5 Å². The summed E-state index contributed by atoms with van der Waals surface area (Å²) in [5.74, 6) is 0.0390. The maximum absolute atomic E-state index is 12.4. The van der Waals surface area contributed by atoms with Gasteiger partial charge in [-0.1, -0.05) is 30.3 Å². The molecule has 0 spiro atoms. The summed E-state index contributed by atoms with van der Waals surface area (Å²) in [6, 6.07) is 15.2. The van der Waals surface area contributed by atoms with Crippen LogP contribution in [0.5, 0.6) is 5.75 Å². The monoisotopic (exact) mass is 365 g/mol. The van der Waals surface area contributed by atoms with E-state index in [1.807, 2.05) is 55.5 Å². The molecule has 5 nitrogen and oxygen atoms in total. The number of carbonyl (C=O) groups excluding carboxylic acids is 2. The number of hydrogen-bond acceptors (Lipinski definition) is 4. The van der Waals surface area contributed by atoms with Gasteiger partial charge in [0.25, 0.3) is 5.91 Å². The Morgan fingerprint density at radius 1 is 1.11 bits per heavy atom. The van der Waals surface area contributed by atoms with Crippen LogP contribution in [0.2, 0.25) is 0 Å². The van der Waals surface area contributed by atoms with Crippen molar-refractivity contribution in [1.82, 2.24) is 0 Å². The zero-order valence-corrected chi connectivity index (χ0v) is 15.4. The first kappa shape index (κ1) is 18.7. The number of benzene rings is 2. The Balaban J connectivity index is 1.52. The molecule has 1 aliphatic rings. The predicted octanol–water partition coefficient (Wildman–Crippen LogP) is 3.62. The van der Waals surface area contributed by atoms with Gasteiger partial charge in [-0.25, -0.2) is 4.79 Å². The van der Waals surface area contributed by atoms with Crippen molar-refractivity contribution in [1.29, 1.82) is 0 Å². The Morgan fingerprint density at radius 2 is 1.89 bits per heavy atom. The molecule has 1 amide bonds. The van der Waals surface area contributed by atoms with Crippen molar-refractivity contribution in [2.45, 2.75) is 19.8 Å². The minimum Gasteiger partial charge on any atom is -0.494 e. The zero-order valence-electron chi connectivity index (χ0n) is 15.4. The highest BCUT2D eigenvalue weighted by atomic mass is 16.5. The summed E-state index contributed by atoms with van der Waals surface area (Å²) in [5, 5.41) is 0. The minimum atomic E-state index is -0.539. The number of fused-ring (bicyclic) bond motifs is 1. The summed E-state index contributed by atoms with van der Waals surface area (Å²) in [7, 11) is 0. The zero-order chi connectivity index (χ0) is 19.1. The number of rotatable bonds is 6. The molecular formula is C22H23NO4. The molecule has 0 fully saturated rings. The average Bonchev–Trinajstić information content (AvgIpc) is 2.71. The van der Waals surface area contributed by atoms with Crippen molar-refractivity contribution < 1.29 is 19.1 Å².